The van der Waals surface area contributed by atoms with Crippen molar-refractivity contribution in [3.8, 4) is 5.69 Å². The van der Waals surface area contributed by atoms with E-state index >= 15 is 0 Å². The third kappa shape index (κ3) is 0.947. The molecule has 0 fully saturated rings. The number of nitrogen functional groups attached to an aromatic ring is 2. The highest BCUT2D eigenvalue weighted by molar-refractivity contribution is 7.08. The highest BCUT2D eigenvalue weighted by atomic mass is 32.1. The van der Waals surface area contributed by atoms with E-state index in [-0.39, 0.29) is 0 Å². The van der Waals surface area contributed by atoms with Crippen molar-refractivity contribution in [2.75, 3.05) is 11.5 Å². The summed E-state index contributed by atoms with van der Waals surface area (Å²) in [6.45, 7) is 0. The maximum absolute atomic E-state index is 5.67. The van der Waals surface area contributed by atoms with Crippen LogP contribution in [-0.4, -0.2) is 9.78 Å². The normalized spacial score (nSPS) is 10.3. The van der Waals surface area contributed by atoms with Crippen LogP contribution in [0, 0.1) is 0 Å². The van der Waals surface area contributed by atoms with E-state index in [1.54, 1.807) is 22.2 Å². The predicted molar refractivity (Wildman–Crippen MR) is 50.3 cm³/mol. The molecule has 5 heteroatoms. The Labute approximate surface area is 73.4 Å². The second kappa shape index (κ2) is 2.53. The Morgan fingerprint density at radius 1 is 1.42 bits per heavy atom. The number of anilines is 2. The molecule has 0 spiro atoms. The number of aromatic nitrogens is 2. The predicted octanol–water partition coefficient (Wildman–Crippen LogP) is 1.10. The van der Waals surface area contributed by atoms with Gasteiger partial charge in [0.05, 0.1) is 17.6 Å². The summed E-state index contributed by atoms with van der Waals surface area (Å²) in [5, 5.41) is 7.96. The van der Waals surface area contributed by atoms with Gasteiger partial charge in [0.25, 0.3) is 0 Å². The van der Waals surface area contributed by atoms with E-state index < -0.39 is 0 Å². The molecule has 0 aliphatic heterocycles. The van der Waals surface area contributed by atoms with Crippen LogP contribution in [0.15, 0.2) is 23.0 Å². The Hall–Kier alpha value is -1.49. The fraction of sp³-hybridized carbons (Fsp3) is 0. The molecule has 0 bridgehead atoms. The largest absolute Gasteiger partial charge is 0.394 e. The van der Waals surface area contributed by atoms with Crippen molar-refractivity contribution in [2.45, 2.75) is 0 Å². The van der Waals surface area contributed by atoms with Crippen molar-refractivity contribution < 1.29 is 0 Å². The third-order valence-electron chi connectivity index (χ3n) is 1.59. The van der Waals surface area contributed by atoms with Crippen LogP contribution in [0.4, 0.5) is 11.5 Å². The van der Waals surface area contributed by atoms with Gasteiger partial charge in [0, 0.05) is 5.38 Å². The van der Waals surface area contributed by atoms with E-state index in [1.807, 2.05) is 16.8 Å². The van der Waals surface area contributed by atoms with Gasteiger partial charge in [0.1, 0.15) is 0 Å². The number of rotatable bonds is 1. The lowest BCUT2D eigenvalue weighted by atomic mass is 10.5. The molecule has 0 radical (unpaired) electrons. The average Bonchev–Trinajstić information content (AvgIpc) is 2.64. The number of hydrogen-bond donors (Lipinski definition) is 2. The molecule has 0 unspecified atom stereocenters. The first-order valence-electron chi connectivity index (χ1n) is 3.40. The molecule has 4 nitrogen and oxygen atoms in total. The number of hydrogen-bond acceptors (Lipinski definition) is 4. The van der Waals surface area contributed by atoms with Crippen molar-refractivity contribution in [2.24, 2.45) is 0 Å². The summed E-state index contributed by atoms with van der Waals surface area (Å²) in [5.41, 5.74) is 12.7. The van der Waals surface area contributed by atoms with Crippen LogP contribution in [0.25, 0.3) is 5.69 Å². The molecule has 2 rings (SSSR count). The van der Waals surface area contributed by atoms with Crippen molar-refractivity contribution in [1.82, 2.24) is 9.78 Å². The molecule has 0 aliphatic rings. The van der Waals surface area contributed by atoms with E-state index in [1.165, 1.54) is 0 Å². The van der Waals surface area contributed by atoms with Gasteiger partial charge in [0.15, 0.2) is 5.82 Å². The van der Waals surface area contributed by atoms with Gasteiger partial charge in [-0.25, -0.2) is 4.68 Å². The summed E-state index contributed by atoms with van der Waals surface area (Å²) in [6.07, 6.45) is 1.55. The molecule has 2 aromatic heterocycles. The zero-order chi connectivity index (χ0) is 8.55. The SMILES string of the molecule is Nc1cnn(-c2ccsc2)c1N. The van der Waals surface area contributed by atoms with Crippen LogP contribution < -0.4 is 11.5 Å². The lowest BCUT2D eigenvalue weighted by Gasteiger charge is -1.99. The Morgan fingerprint density at radius 3 is 2.75 bits per heavy atom. The van der Waals surface area contributed by atoms with Gasteiger partial charge in [-0.05, 0) is 11.4 Å². The summed E-state index contributed by atoms with van der Waals surface area (Å²) in [5.74, 6) is 0.494. The highest BCUT2D eigenvalue weighted by Gasteiger charge is 2.05. The Kier molecular flexibility index (Phi) is 1.51. The minimum absolute atomic E-state index is 0.494. The average molecular weight is 180 g/mol. The van der Waals surface area contributed by atoms with Crippen molar-refractivity contribution in [1.29, 1.82) is 0 Å². The monoisotopic (exact) mass is 180 g/mol. The lowest BCUT2D eigenvalue weighted by Crippen LogP contribution is -2.01. The maximum atomic E-state index is 5.67. The number of nitrogens with zero attached hydrogens (tertiary/aromatic N) is 2. The lowest BCUT2D eigenvalue weighted by molar-refractivity contribution is 0.896. The van der Waals surface area contributed by atoms with Gasteiger partial charge >= 0.3 is 0 Å². The molecule has 0 atom stereocenters. The van der Waals surface area contributed by atoms with Gasteiger partial charge < -0.3 is 11.5 Å². The summed E-state index contributed by atoms with van der Waals surface area (Å²) >= 11 is 1.60. The van der Waals surface area contributed by atoms with Crippen LogP contribution in [0.5, 0.6) is 0 Å². The third-order valence-corrected chi connectivity index (χ3v) is 2.26. The Balaban J connectivity index is 2.55. The molecule has 62 valence electrons. The first kappa shape index (κ1) is 7.17. The summed E-state index contributed by atoms with van der Waals surface area (Å²) < 4.78 is 1.62. The molecule has 0 aliphatic carbocycles. The van der Waals surface area contributed by atoms with Crippen LogP contribution in [0.1, 0.15) is 0 Å². The van der Waals surface area contributed by atoms with E-state index in [9.17, 15) is 0 Å². The fourth-order valence-electron chi connectivity index (χ4n) is 0.954. The van der Waals surface area contributed by atoms with Gasteiger partial charge in [0.2, 0.25) is 0 Å². The van der Waals surface area contributed by atoms with Gasteiger partial charge in [-0.2, -0.15) is 16.4 Å². The van der Waals surface area contributed by atoms with Crippen molar-refractivity contribution >= 4 is 22.8 Å². The van der Waals surface area contributed by atoms with E-state index in [0.29, 0.717) is 11.5 Å². The molecule has 0 amide bonds. The van der Waals surface area contributed by atoms with Gasteiger partial charge in [-0.1, -0.05) is 0 Å². The first-order chi connectivity index (χ1) is 5.79. The van der Waals surface area contributed by atoms with Crippen LogP contribution in [-0.2, 0) is 0 Å². The maximum Gasteiger partial charge on any atom is 0.150 e. The summed E-state index contributed by atoms with van der Waals surface area (Å²) in [7, 11) is 0. The molecule has 0 saturated carbocycles. The standard InChI is InChI=1S/C7H8N4S/c8-6-3-10-11(7(6)9)5-1-2-12-4-5/h1-4H,8-9H2. The number of thiophene rings is 1. The first-order valence-corrected chi connectivity index (χ1v) is 4.35. The minimum Gasteiger partial charge on any atom is -0.394 e. The summed E-state index contributed by atoms with van der Waals surface area (Å²) in [6, 6.07) is 1.94. The zero-order valence-electron chi connectivity index (χ0n) is 6.27. The Morgan fingerprint density at radius 2 is 2.25 bits per heavy atom. The van der Waals surface area contributed by atoms with Crippen molar-refractivity contribution in [3.63, 3.8) is 0 Å². The van der Waals surface area contributed by atoms with E-state index in [0.717, 1.165) is 5.69 Å². The van der Waals surface area contributed by atoms with E-state index in [4.69, 9.17) is 11.5 Å². The zero-order valence-corrected chi connectivity index (χ0v) is 7.08. The second-order valence-electron chi connectivity index (χ2n) is 2.38. The fourth-order valence-corrected chi connectivity index (χ4v) is 1.57. The molecule has 2 heterocycles. The number of nitrogens with two attached hydrogens (primary N) is 2. The quantitative estimate of drug-likeness (QED) is 0.690. The second-order valence-corrected chi connectivity index (χ2v) is 3.16. The molecule has 2 aromatic rings. The van der Waals surface area contributed by atoms with Gasteiger partial charge in [-0.3, -0.25) is 0 Å². The van der Waals surface area contributed by atoms with Crippen molar-refractivity contribution in [3.05, 3.63) is 23.0 Å². The molecule has 4 N–H and O–H groups in total. The molecule has 0 saturated heterocycles. The molecular formula is C7H8N4S. The van der Waals surface area contributed by atoms with Gasteiger partial charge in [-0.15, -0.1) is 0 Å². The summed E-state index contributed by atoms with van der Waals surface area (Å²) in [4.78, 5) is 0. The molecule has 12 heavy (non-hydrogen) atoms. The highest BCUT2D eigenvalue weighted by Crippen LogP contribution is 2.19. The van der Waals surface area contributed by atoms with Crippen LogP contribution >= 0.6 is 11.3 Å². The van der Waals surface area contributed by atoms with Crippen LogP contribution in [0.2, 0.25) is 0 Å². The topological polar surface area (TPSA) is 69.9 Å². The van der Waals surface area contributed by atoms with Crippen LogP contribution in [0.3, 0.4) is 0 Å². The molecule has 0 aromatic carbocycles. The smallest absolute Gasteiger partial charge is 0.150 e. The Bertz CT molecular complexity index is 376. The van der Waals surface area contributed by atoms with E-state index in [2.05, 4.69) is 5.10 Å². The minimum atomic E-state index is 0.494. The molecular weight excluding hydrogens is 172 g/mol.